The van der Waals surface area contributed by atoms with E-state index in [1.807, 2.05) is 7.05 Å². The number of halogens is 2. The van der Waals surface area contributed by atoms with E-state index < -0.39 is 11.6 Å². The van der Waals surface area contributed by atoms with Crippen LogP contribution in [-0.2, 0) is 0 Å². The predicted molar refractivity (Wildman–Crippen MR) is 64.6 cm³/mol. The highest BCUT2D eigenvalue weighted by molar-refractivity contribution is 5.96. The van der Waals surface area contributed by atoms with E-state index in [0.29, 0.717) is 6.54 Å². The number of rotatable bonds is 3. The highest BCUT2D eigenvalue weighted by atomic mass is 19.1. The molecule has 1 saturated heterocycles. The quantitative estimate of drug-likeness (QED) is 0.828. The number of nitrogens with one attached hydrogen (secondary N) is 1. The van der Waals surface area contributed by atoms with Gasteiger partial charge in [0.05, 0.1) is 5.56 Å². The van der Waals surface area contributed by atoms with Crippen LogP contribution in [0.5, 0.6) is 0 Å². The average molecular weight is 254 g/mol. The zero-order valence-electron chi connectivity index (χ0n) is 10.2. The zero-order chi connectivity index (χ0) is 13.1. The van der Waals surface area contributed by atoms with E-state index in [0.717, 1.165) is 31.3 Å². The largest absolute Gasteiger partial charge is 0.314 e. The molecule has 3 nitrogen and oxygen atoms in total. The van der Waals surface area contributed by atoms with Crippen LogP contribution in [0.1, 0.15) is 16.8 Å². The lowest BCUT2D eigenvalue weighted by atomic mass is 10.0. The molecule has 1 heterocycles. The molecule has 1 N–H and O–H groups in total. The predicted octanol–water partition coefficient (Wildman–Crippen LogP) is 1.44. The van der Waals surface area contributed by atoms with Gasteiger partial charge in [0.2, 0.25) is 0 Å². The molecule has 18 heavy (non-hydrogen) atoms. The third kappa shape index (κ3) is 2.91. The van der Waals surface area contributed by atoms with Crippen molar-refractivity contribution in [2.24, 2.45) is 0 Å². The minimum atomic E-state index is -0.659. The van der Waals surface area contributed by atoms with Gasteiger partial charge in [0.1, 0.15) is 11.6 Å². The molecule has 1 aliphatic heterocycles. The minimum absolute atomic E-state index is 0.0360. The van der Waals surface area contributed by atoms with Crippen LogP contribution in [0.25, 0.3) is 0 Å². The maximum Gasteiger partial charge on any atom is 0.167 e. The van der Waals surface area contributed by atoms with Crippen molar-refractivity contribution in [3.8, 4) is 0 Å². The Morgan fingerprint density at radius 1 is 1.50 bits per heavy atom. The van der Waals surface area contributed by atoms with E-state index >= 15 is 0 Å². The number of hydrogen-bond acceptors (Lipinski definition) is 3. The molecule has 0 spiro atoms. The van der Waals surface area contributed by atoms with Gasteiger partial charge in [0.15, 0.2) is 5.78 Å². The Labute approximate surface area is 105 Å². The van der Waals surface area contributed by atoms with Gasteiger partial charge < -0.3 is 10.2 Å². The fourth-order valence-corrected chi connectivity index (χ4v) is 2.13. The van der Waals surface area contributed by atoms with Gasteiger partial charge in [0.25, 0.3) is 0 Å². The minimum Gasteiger partial charge on any atom is -0.314 e. The number of hydrogen-bond donors (Lipinski definition) is 1. The summed E-state index contributed by atoms with van der Waals surface area (Å²) in [7, 11) is 1.93. The Hall–Kier alpha value is -1.33. The van der Waals surface area contributed by atoms with Crippen LogP contribution >= 0.6 is 0 Å². The second-order valence-corrected chi connectivity index (χ2v) is 4.59. The summed E-state index contributed by atoms with van der Waals surface area (Å²) in [6.45, 7) is 2.43. The first-order valence-corrected chi connectivity index (χ1v) is 5.97. The molecular formula is C13H16F2N2O. The lowest BCUT2D eigenvalue weighted by Gasteiger charge is -2.32. The first-order valence-electron chi connectivity index (χ1n) is 5.97. The number of carbonyl (C=O) groups is 1. The van der Waals surface area contributed by atoms with E-state index in [-0.39, 0.29) is 23.8 Å². The van der Waals surface area contributed by atoms with Gasteiger partial charge in [-0.1, -0.05) is 0 Å². The Bertz CT molecular complexity index is 451. The number of likely N-dealkylation sites (N-methyl/N-ethyl adjacent to an activating group) is 1. The fourth-order valence-electron chi connectivity index (χ4n) is 2.13. The molecule has 98 valence electrons. The first-order chi connectivity index (χ1) is 8.58. The first kappa shape index (κ1) is 13.1. The third-order valence-corrected chi connectivity index (χ3v) is 3.29. The highest BCUT2D eigenvalue weighted by Gasteiger charge is 2.23. The molecule has 1 unspecified atom stereocenters. The summed E-state index contributed by atoms with van der Waals surface area (Å²) in [5, 5.41) is 3.19. The molecule has 0 aliphatic carbocycles. The number of nitrogens with zero attached hydrogens (tertiary/aromatic N) is 1. The van der Waals surface area contributed by atoms with Gasteiger partial charge in [-0.3, -0.25) is 4.79 Å². The smallest absolute Gasteiger partial charge is 0.167 e. The average Bonchev–Trinajstić information content (AvgIpc) is 2.35. The van der Waals surface area contributed by atoms with Gasteiger partial charge in [-0.15, -0.1) is 0 Å². The Kier molecular flexibility index (Phi) is 4.04. The summed E-state index contributed by atoms with van der Waals surface area (Å²) in [4.78, 5) is 14.0. The van der Waals surface area contributed by atoms with Crippen molar-refractivity contribution in [3.63, 3.8) is 0 Å². The fraction of sp³-hybridized carbons (Fsp3) is 0.462. The summed E-state index contributed by atoms with van der Waals surface area (Å²) in [5.74, 6) is -1.60. The number of benzene rings is 1. The topological polar surface area (TPSA) is 32.3 Å². The molecule has 0 amide bonds. The van der Waals surface area contributed by atoms with Crippen LogP contribution < -0.4 is 5.32 Å². The molecule has 5 heteroatoms. The Morgan fingerprint density at radius 3 is 3.00 bits per heavy atom. The summed E-state index contributed by atoms with van der Waals surface area (Å²) in [6.07, 6.45) is 0.198. The van der Waals surface area contributed by atoms with E-state index in [1.165, 1.54) is 0 Å². The SMILES string of the molecule is CN1CCNCC1CC(=O)c1cc(F)ccc1F. The van der Waals surface area contributed by atoms with Crippen molar-refractivity contribution in [1.29, 1.82) is 0 Å². The Morgan fingerprint density at radius 2 is 2.28 bits per heavy atom. The summed E-state index contributed by atoms with van der Waals surface area (Å²) in [6, 6.07) is 3.01. The maximum atomic E-state index is 13.5. The van der Waals surface area contributed by atoms with Crippen molar-refractivity contribution in [3.05, 3.63) is 35.4 Å². The molecule has 0 radical (unpaired) electrons. The van der Waals surface area contributed by atoms with Crippen molar-refractivity contribution in [2.75, 3.05) is 26.7 Å². The van der Waals surface area contributed by atoms with E-state index in [1.54, 1.807) is 0 Å². The van der Waals surface area contributed by atoms with Gasteiger partial charge in [-0.05, 0) is 25.2 Å². The summed E-state index contributed by atoms with van der Waals surface area (Å²) < 4.78 is 26.5. The molecular weight excluding hydrogens is 238 g/mol. The van der Waals surface area contributed by atoms with Crippen LogP contribution in [0.3, 0.4) is 0 Å². The molecule has 2 rings (SSSR count). The third-order valence-electron chi connectivity index (χ3n) is 3.29. The molecule has 0 saturated carbocycles. The van der Waals surface area contributed by atoms with E-state index in [9.17, 15) is 13.6 Å². The normalized spacial score (nSPS) is 20.9. The van der Waals surface area contributed by atoms with Gasteiger partial charge in [-0.2, -0.15) is 0 Å². The van der Waals surface area contributed by atoms with Crippen molar-refractivity contribution in [1.82, 2.24) is 10.2 Å². The molecule has 1 atom stereocenters. The van der Waals surface area contributed by atoms with Crippen molar-refractivity contribution in [2.45, 2.75) is 12.5 Å². The molecule has 1 aromatic carbocycles. The molecule has 1 aliphatic rings. The van der Waals surface area contributed by atoms with Crippen LogP contribution in [-0.4, -0.2) is 43.4 Å². The molecule has 1 aromatic rings. The molecule has 0 aromatic heterocycles. The van der Waals surface area contributed by atoms with Crippen LogP contribution in [0.4, 0.5) is 8.78 Å². The number of carbonyl (C=O) groups excluding carboxylic acids is 1. The van der Waals surface area contributed by atoms with Crippen LogP contribution in [0.15, 0.2) is 18.2 Å². The van der Waals surface area contributed by atoms with Crippen molar-refractivity contribution >= 4 is 5.78 Å². The van der Waals surface area contributed by atoms with Crippen molar-refractivity contribution < 1.29 is 13.6 Å². The van der Waals surface area contributed by atoms with Gasteiger partial charge >= 0.3 is 0 Å². The number of Topliss-reactive ketones (excluding diaryl/α,β-unsaturated/α-hetero) is 1. The lowest BCUT2D eigenvalue weighted by molar-refractivity contribution is 0.0913. The standard InChI is InChI=1S/C13H16F2N2O/c1-17-5-4-16-8-10(17)7-13(18)11-6-9(14)2-3-12(11)15/h2-3,6,10,16H,4-5,7-8H2,1H3. The van der Waals surface area contributed by atoms with E-state index in [4.69, 9.17) is 0 Å². The Balaban J connectivity index is 2.09. The lowest BCUT2D eigenvalue weighted by Crippen LogP contribution is -2.50. The van der Waals surface area contributed by atoms with Gasteiger partial charge in [-0.25, -0.2) is 8.78 Å². The second-order valence-electron chi connectivity index (χ2n) is 4.59. The second kappa shape index (κ2) is 5.54. The number of piperazine rings is 1. The summed E-state index contributed by atoms with van der Waals surface area (Å²) >= 11 is 0. The van der Waals surface area contributed by atoms with Gasteiger partial charge in [0, 0.05) is 32.1 Å². The monoisotopic (exact) mass is 254 g/mol. The van der Waals surface area contributed by atoms with Crippen LogP contribution in [0.2, 0.25) is 0 Å². The zero-order valence-corrected chi connectivity index (χ0v) is 10.2. The maximum absolute atomic E-state index is 13.5. The molecule has 0 bridgehead atoms. The van der Waals surface area contributed by atoms with Crippen LogP contribution in [0, 0.1) is 11.6 Å². The molecule has 1 fully saturated rings. The van der Waals surface area contributed by atoms with E-state index in [2.05, 4.69) is 10.2 Å². The number of ketones is 1. The highest BCUT2D eigenvalue weighted by Crippen LogP contribution is 2.15. The summed E-state index contributed by atoms with van der Waals surface area (Å²) in [5.41, 5.74) is -0.158.